The second kappa shape index (κ2) is 5.93. The Balaban J connectivity index is 2.22. The molecule has 0 bridgehead atoms. The van der Waals surface area contributed by atoms with Gasteiger partial charge in [-0.05, 0) is 12.3 Å². The van der Waals surface area contributed by atoms with Crippen LogP contribution in [0.15, 0.2) is 0 Å². The second-order valence-electron chi connectivity index (χ2n) is 5.20. The summed E-state index contributed by atoms with van der Waals surface area (Å²) in [7, 11) is 0. The number of aromatic nitrogens is 2. The molecule has 0 radical (unpaired) electrons. The van der Waals surface area contributed by atoms with Gasteiger partial charge >= 0.3 is 0 Å². The van der Waals surface area contributed by atoms with E-state index in [1.54, 1.807) is 4.68 Å². The number of nitriles is 1. The van der Waals surface area contributed by atoms with Gasteiger partial charge < -0.3 is 15.4 Å². The molecule has 0 aliphatic carbocycles. The van der Waals surface area contributed by atoms with Crippen LogP contribution in [-0.4, -0.2) is 36.1 Å². The third-order valence-corrected chi connectivity index (χ3v) is 3.31. The van der Waals surface area contributed by atoms with Crippen molar-refractivity contribution in [2.45, 2.75) is 26.8 Å². The first-order valence-corrected chi connectivity index (χ1v) is 6.72. The molecule has 0 amide bonds. The Hall–Kier alpha value is -1.74. The van der Waals surface area contributed by atoms with Crippen LogP contribution < -0.4 is 10.6 Å². The molecule has 1 aliphatic rings. The third kappa shape index (κ3) is 2.99. The first kappa shape index (κ1) is 13.7. The molecular weight excluding hydrogens is 242 g/mol. The van der Waals surface area contributed by atoms with Gasteiger partial charge in [0.25, 0.3) is 0 Å². The predicted octanol–water partition coefficient (Wildman–Crippen LogP) is 1.22. The third-order valence-electron chi connectivity index (χ3n) is 3.31. The van der Waals surface area contributed by atoms with E-state index in [0.29, 0.717) is 36.3 Å². The van der Waals surface area contributed by atoms with Crippen molar-refractivity contribution in [3.8, 4) is 6.07 Å². The van der Waals surface area contributed by atoms with E-state index in [-0.39, 0.29) is 0 Å². The number of morpholine rings is 1. The maximum Gasteiger partial charge on any atom is 0.171 e. The lowest BCUT2D eigenvalue weighted by Gasteiger charge is -2.26. The Morgan fingerprint density at radius 1 is 1.42 bits per heavy atom. The second-order valence-corrected chi connectivity index (χ2v) is 5.20. The van der Waals surface area contributed by atoms with Crippen LogP contribution in [0.4, 0.5) is 11.6 Å². The van der Waals surface area contributed by atoms with Crippen LogP contribution in [0.5, 0.6) is 0 Å². The monoisotopic (exact) mass is 263 g/mol. The quantitative estimate of drug-likeness (QED) is 0.883. The standard InChI is InChI=1S/C13H21N5O/c1-10(2)3-4-18-12(15)11(9-14)13(16-18)17-5-7-19-8-6-17/h10H,3-8,15H2,1-2H3. The minimum Gasteiger partial charge on any atom is -0.383 e. The summed E-state index contributed by atoms with van der Waals surface area (Å²) in [6, 6.07) is 2.18. The Morgan fingerprint density at radius 2 is 2.11 bits per heavy atom. The molecule has 104 valence electrons. The van der Waals surface area contributed by atoms with Gasteiger partial charge in [0.05, 0.1) is 13.2 Å². The van der Waals surface area contributed by atoms with Gasteiger partial charge in [-0.2, -0.15) is 10.4 Å². The lowest BCUT2D eigenvalue weighted by Crippen LogP contribution is -2.37. The molecule has 6 nitrogen and oxygen atoms in total. The molecule has 1 aromatic heterocycles. The van der Waals surface area contributed by atoms with Crippen LogP contribution in [0, 0.1) is 17.2 Å². The van der Waals surface area contributed by atoms with Crippen LogP contribution in [0.1, 0.15) is 25.8 Å². The molecule has 19 heavy (non-hydrogen) atoms. The molecule has 0 unspecified atom stereocenters. The number of ether oxygens (including phenoxy) is 1. The first-order valence-electron chi connectivity index (χ1n) is 6.72. The molecule has 6 heteroatoms. The normalized spacial score (nSPS) is 15.8. The van der Waals surface area contributed by atoms with Gasteiger partial charge in [0.15, 0.2) is 5.82 Å². The molecule has 0 atom stereocenters. The highest BCUT2D eigenvalue weighted by Gasteiger charge is 2.22. The SMILES string of the molecule is CC(C)CCn1nc(N2CCOCC2)c(C#N)c1N. The zero-order chi connectivity index (χ0) is 13.8. The zero-order valence-electron chi connectivity index (χ0n) is 11.6. The van der Waals surface area contributed by atoms with Crippen molar-refractivity contribution in [1.29, 1.82) is 5.26 Å². The van der Waals surface area contributed by atoms with Gasteiger partial charge in [-0.3, -0.25) is 0 Å². The summed E-state index contributed by atoms with van der Waals surface area (Å²) in [5, 5.41) is 13.8. The maximum absolute atomic E-state index is 9.28. The number of rotatable bonds is 4. The smallest absolute Gasteiger partial charge is 0.171 e. The Bertz CT molecular complexity index is 468. The van der Waals surface area contributed by atoms with Crippen molar-refractivity contribution in [3.63, 3.8) is 0 Å². The summed E-state index contributed by atoms with van der Waals surface area (Å²) in [4.78, 5) is 2.07. The number of nitrogens with two attached hydrogens (primary N) is 1. The van der Waals surface area contributed by atoms with Crippen LogP contribution >= 0.6 is 0 Å². The van der Waals surface area contributed by atoms with E-state index in [4.69, 9.17) is 10.5 Å². The van der Waals surface area contributed by atoms with E-state index in [1.165, 1.54) is 0 Å². The summed E-state index contributed by atoms with van der Waals surface area (Å²) in [5.74, 6) is 1.76. The topological polar surface area (TPSA) is 80.1 Å². The maximum atomic E-state index is 9.28. The average Bonchev–Trinajstić information content (AvgIpc) is 2.74. The van der Waals surface area contributed by atoms with Crippen LogP contribution in [-0.2, 0) is 11.3 Å². The van der Waals surface area contributed by atoms with Crippen LogP contribution in [0.2, 0.25) is 0 Å². The molecule has 1 aromatic rings. The van der Waals surface area contributed by atoms with Gasteiger partial charge in [-0.15, -0.1) is 0 Å². The van der Waals surface area contributed by atoms with Gasteiger partial charge in [-0.1, -0.05) is 13.8 Å². The molecular formula is C13H21N5O. The average molecular weight is 263 g/mol. The van der Waals surface area contributed by atoms with Crippen molar-refractivity contribution in [2.75, 3.05) is 36.9 Å². The number of anilines is 2. The van der Waals surface area contributed by atoms with E-state index in [2.05, 4.69) is 29.9 Å². The molecule has 2 rings (SSSR count). The lowest BCUT2D eigenvalue weighted by molar-refractivity contribution is 0.122. The van der Waals surface area contributed by atoms with E-state index in [1.807, 2.05) is 0 Å². The zero-order valence-corrected chi connectivity index (χ0v) is 11.6. The Morgan fingerprint density at radius 3 is 2.68 bits per heavy atom. The molecule has 2 heterocycles. The molecule has 2 N–H and O–H groups in total. The lowest BCUT2D eigenvalue weighted by atomic mass is 10.1. The van der Waals surface area contributed by atoms with Gasteiger partial charge in [-0.25, -0.2) is 4.68 Å². The fourth-order valence-corrected chi connectivity index (χ4v) is 2.12. The number of hydrogen-bond acceptors (Lipinski definition) is 5. The van der Waals surface area contributed by atoms with Gasteiger partial charge in [0.2, 0.25) is 0 Å². The summed E-state index contributed by atoms with van der Waals surface area (Å²) in [6.07, 6.45) is 0.999. The Kier molecular flexibility index (Phi) is 4.27. The number of nitrogen functional groups attached to an aromatic ring is 1. The molecule has 1 aliphatic heterocycles. The molecule has 0 aromatic carbocycles. The van der Waals surface area contributed by atoms with Crippen molar-refractivity contribution in [1.82, 2.24) is 9.78 Å². The van der Waals surface area contributed by atoms with E-state index in [0.717, 1.165) is 26.1 Å². The highest BCUT2D eigenvalue weighted by molar-refractivity contribution is 5.65. The van der Waals surface area contributed by atoms with Gasteiger partial charge in [0.1, 0.15) is 17.5 Å². The van der Waals surface area contributed by atoms with Crippen molar-refractivity contribution < 1.29 is 4.74 Å². The molecule has 1 fully saturated rings. The number of hydrogen-bond donors (Lipinski definition) is 1. The van der Waals surface area contributed by atoms with Crippen LogP contribution in [0.3, 0.4) is 0 Å². The highest BCUT2D eigenvalue weighted by atomic mass is 16.5. The first-order chi connectivity index (χ1) is 9.13. The number of nitrogens with zero attached hydrogens (tertiary/aromatic N) is 4. The molecule has 0 spiro atoms. The van der Waals surface area contributed by atoms with E-state index >= 15 is 0 Å². The van der Waals surface area contributed by atoms with Gasteiger partial charge in [0, 0.05) is 19.6 Å². The van der Waals surface area contributed by atoms with Crippen molar-refractivity contribution in [2.24, 2.45) is 5.92 Å². The molecule has 1 saturated heterocycles. The Labute approximate surface area is 113 Å². The summed E-state index contributed by atoms with van der Waals surface area (Å²) in [6.45, 7) is 7.93. The highest BCUT2D eigenvalue weighted by Crippen LogP contribution is 2.25. The largest absolute Gasteiger partial charge is 0.383 e. The van der Waals surface area contributed by atoms with E-state index in [9.17, 15) is 5.26 Å². The minimum atomic E-state index is 0.477. The fraction of sp³-hybridized carbons (Fsp3) is 0.692. The molecule has 0 saturated carbocycles. The summed E-state index contributed by atoms with van der Waals surface area (Å²) in [5.41, 5.74) is 6.52. The predicted molar refractivity (Wildman–Crippen MR) is 73.8 cm³/mol. The number of aryl methyl sites for hydroxylation is 1. The summed E-state index contributed by atoms with van der Waals surface area (Å²) >= 11 is 0. The summed E-state index contributed by atoms with van der Waals surface area (Å²) < 4.78 is 7.07. The fourth-order valence-electron chi connectivity index (χ4n) is 2.12. The van der Waals surface area contributed by atoms with E-state index < -0.39 is 0 Å². The van der Waals surface area contributed by atoms with Crippen molar-refractivity contribution >= 4 is 11.6 Å². The van der Waals surface area contributed by atoms with Crippen molar-refractivity contribution in [3.05, 3.63) is 5.56 Å². The van der Waals surface area contributed by atoms with Crippen LogP contribution in [0.25, 0.3) is 0 Å². The minimum absolute atomic E-state index is 0.477.